The average molecular weight is 305 g/mol. The molecule has 114 valence electrons. The van der Waals surface area contributed by atoms with Crippen molar-refractivity contribution in [3.05, 3.63) is 16.0 Å². The smallest absolute Gasteiger partial charge is 0.225 e. The topological polar surface area (TPSA) is 78.9 Å². The summed E-state index contributed by atoms with van der Waals surface area (Å²) in [6.45, 7) is 3.82. The minimum absolute atomic E-state index is 0.0542. The number of anilines is 1. The summed E-state index contributed by atoms with van der Waals surface area (Å²) in [6, 6.07) is 2.28. The van der Waals surface area contributed by atoms with Crippen molar-refractivity contribution in [2.24, 2.45) is 5.73 Å². The van der Waals surface area contributed by atoms with Gasteiger partial charge in [-0.05, 0) is 51.5 Å². The number of hydrogen-bond acceptors (Lipinski definition) is 4. The molecule has 1 aromatic rings. The van der Waals surface area contributed by atoms with Crippen LogP contribution in [0.15, 0.2) is 0 Å². The van der Waals surface area contributed by atoms with Crippen LogP contribution < -0.4 is 11.1 Å². The van der Waals surface area contributed by atoms with E-state index in [0.717, 1.165) is 29.8 Å². The summed E-state index contributed by atoms with van der Waals surface area (Å²) in [5.74, 6) is -0.0542. The average Bonchev–Trinajstić information content (AvgIpc) is 2.57. The van der Waals surface area contributed by atoms with E-state index in [4.69, 9.17) is 5.73 Å². The van der Waals surface area contributed by atoms with Gasteiger partial charge in [-0.25, -0.2) is 0 Å². The highest BCUT2D eigenvalue weighted by Crippen LogP contribution is 2.37. The summed E-state index contributed by atoms with van der Waals surface area (Å²) in [5, 5.41) is 13.1. The minimum atomic E-state index is -0.345. The van der Waals surface area contributed by atoms with Crippen LogP contribution in [0.4, 0.5) is 5.00 Å². The number of nitriles is 1. The lowest BCUT2D eigenvalue weighted by Crippen LogP contribution is -2.33. The van der Waals surface area contributed by atoms with Gasteiger partial charge < -0.3 is 11.1 Å². The first-order chi connectivity index (χ1) is 9.90. The van der Waals surface area contributed by atoms with E-state index in [0.29, 0.717) is 18.4 Å². The molecule has 0 spiro atoms. The van der Waals surface area contributed by atoms with Gasteiger partial charge in [-0.15, -0.1) is 11.3 Å². The number of nitrogens with two attached hydrogens (primary N) is 1. The SMILES string of the molecule is CC(C)(N)CCC(=O)Nc1sc2c(c1C#N)CCCCC2. The quantitative estimate of drug-likeness (QED) is 0.837. The van der Waals surface area contributed by atoms with E-state index in [1.54, 1.807) is 11.3 Å². The Morgan fingerprint density at radius 3 is 2.76 bits per heavy atom. The van der Waals surface area contributed by atoms with Gasteiger partial charge >= 0.3 is 0 Å². The van der Waals surface area contributed by atoms with Crippen LogP contribution in [0.25, 0.3) is 0 Å². The van der Waals surface area contributed by atoms with E-state index >= 15 is 0 Å². The van der Waals surface area contributed by atoms with Gasteiger partial charge in [0.15, 0.2) is 0 Å². The second-order valence-electron chi connectivity index (χ2n) is 6.42. The first-order valence-electron chi connectivity index (χ1n) is 7.54. The maximum absolute atomic E-state index is 12.0. The van der Waals surface area contributed by atoms with Gasteiger partial charge in [-0.1, -0.05) is 6.42 Å². The van der Waals surface area contributed by atoms with Gasteiger partial charge in [0.1, 0.15) is 11.1 Å². The van der Waals surface area contributed by atoms with E-state index in [2.05, 4.69) is 11.4 Å². The Hall–Kier alpha value is -1.38. The van der Waals surface area contributed by atoms with E-state index in [-0.39, 0.29) is 11.4 Å². The van der Waals surface area contributed by atoms with Gasteiger partial charge in [0.25, 0.3) is 0 Å². The fourth-order valence-corrected chi connectivity index (χ4v) is 3.83. The maximum Gasteiger partial charge on any atom is 0.225 e. The molecular weight excluding hydrogens is 282 g/mol. The predicted molar refractivity (Wildman–Crippen MR) is 86.4 cm³/mol. The number of rotatable bonds is 4. The Labute approximate surface area is 130 Å². The number of fused-ring (bicyclic) bond motifs is 1. The number of nitrogens with one attached hydrogen (secondary N) is 1. The largest absolute Gasteiger partial charge is 0.326 e. The van der Waals surface area contributed by atoms with Crippen LogP contribution in [0, 0.1) is 11.3 Å². The van der Waals surface area contributed by atoms with Gasteiger partial charge in [0, 0.05) is 16.8 Å². The molecule has 1 heterocycles. The van der Waals surface area contributed by atoms with Crippen molar-refractivity contribution in [3.8, 4) is 6.07 Å². The highest BCUT2D eigenvalue weighted by atomic mass is 32.1. The first-order valence-corrected chi connectivity index (χ1v) is 8.36. The molecule has 0 unspecified atom stereocenters. The Bertz CT molecular complexity index is 563. The standard InChI is InChI=1S/C16H23N3OS/c1-16(2,18)9-8-14(20)19-15-12(10-17)11-6-4-3-5-7-13(11)21-15/h3-9,18H2,1-2H3,(H,19,20). The van der Waals surface area contributed by atoms with Crippen molar-refractivity contribution >= 4 is 22.2 Å². The number of hydrogen-bond donors (Lipinski definition) is 2. The number of amides is 1. The van der Waals surface area contributed by atoms with Gasteiger partial charge in [-0.2, -0.15) is 5.26 Å². The van der Waals surface area contributed by atoms with Crippen LogP contribution >= 0.6 is 11.3 Å². The molecule has 0 aliphatic heterocycles. The Morgan fingerprint density at radius 2 is 2.10 bits per heavy atom. The number of carbonyl (C=O) groups excluding carboxylic acids is 1. The second kappa shape index (κ2) is 6.59. The number of aryl methyl sites for hydroxylation is 1. The Morgan fingerprint density at radius 1 is 1.38 bits per heavy atom. The zero-order valence-electron chi connectivity index (χ0n) is 12.8. The van der Waals surface area contributed by atoms with E-state index in [1.807, 2.05) is 13.8 Å². The van der Waals surface area contributed by atoms with Gasteiger partial charge in [0.2, 0.25) is 5.91 Å². The molecule has 1 aromatic heterocycles. The van der Waals surface area contributed by atoms with Crippen molar-refractivity contribution in [3.63, 3.8) is 0 Å². The first kappa shape index (κ1) is 16.0. The molecule has 0 bridgehead atoms. The van der Waals surface area contributed by atoms with Crippen LogP contribution in [0.2, 0.25) is 0 Å². The van der Waals surface area contributed by atoms with Crippen LogP contribution in [-0.2, 0) is 17.6 Å². The van der Waals surface area contributed by atoms with Crippen molar-refractivity contribution < 1.29 is 4.79 Å². The third-order valence-electron chi connectivity index (χ3n) is 3.78. The van der Waals surface area contributed by atoms with E-state index in [9.17, 15) is 10.1 Å². The molecule has 21 heavy (non-hydrogen) atoms. The molecule has 1 aliphatic carbocycles. The molecule has 4 nitrogen and oxygen atoms in total. The Balaban J connectivity index is 2.10. The second-order valence-corrected chi connectivity index (χ2v) is 7.52. The molecular formula is C16H23N3OS. The lowest BCUT2D eigenvalue weighted by Gasteiger charge is -2.17. The van der Waals surface area contributed by atoms with E-state index < -0.39 is 0 Å². The van der Waals surface area contributed by atoms with Crippen molar-refractivity contribution in [2.45, 2.75) is 64.3 Å². The third-order valence-corrected chi connectivity index (χ3v) is 4.99. The van der Waals surface area contributed by atoms with Crippen LogP contribution in [0.5, 0.6) is 0 Å². The monoisotopic (exact) mass is 305 g/mol. The summed E-state index contributed by atoms with van der Waals surface area (Å²) in [4.78, 5) is 13.3. The van der Waals surface area contributed by atoms with Crippen molar-refractivity contribution in [1.29, 1.82) is 5.26 Å². The number of thiophene rings is 1. The highest BCUT2D eigenvalue weighted by Gasteiger charge is 2.21. The van der Waals surface area contributed by atoms with Crippen molar-refractivity contribution in [2.75, 3.05) is 5.32 Å². The Kier molecular flexibility index (Phi) is 5.02. The molecule has 1 amide bonds. The maximum atomic E-state index is 12.0. The summed E-state index contributed by atoms with van der Waals surface area (Å²) in [6.07, 6.45) is 6.53. The van der Waals surface area contributed by atoms with Gasteiger partial charge in [0.05, 0.1) is 5.56 Å². The summed E-state index contributed by atoms with van der Waals surface area (Å²) >= 11 is 1.58. The molecule has 5 heteroatoms. The van der Waals surface area contributed by atoms with Gasteiger partial charge in [-0.3, -0.25) is 4.79 Å². The summed E-state index contributed by atoms with van der Waals surface area (Å²) in [5.41, 5.74) is 7.39. The lowest BCUT2D eigenvalue weighted by molar-refractivity contribution is -0.116. The fraction of sp³-hybridized carbons (Fsp3) is 0.625. The van der Waals surface area contributed by atoms with Crippen molar-refractivity contribution in [1.82, 2.24) is 0 Å². The fourth-order valence-electron chi connectivity index (χ4n) is 2.57. The zero-order chi connectivity index (χ0) is 15.5. The zero-order valence-corrected chi connectivity index (χ0v) is 13.6. The summed E-state index contributed by atoms with van der Waals surface area (Å²) in [7, 11) is 0. The molecule has 3 N–H and O–H groups in total. The van der Waals surface area contributed by atoms with Crippen LogP contribution in [0.3, 0.4) is 0 Å². The molecule has 0 atom stereocenters. The molecule has 0 fully saturated rings. The van der Waals surface area contributed by atoms with E-state index in [1.165, 1.54) is 17.7 Å². The van der Waals surface area contributed by atoms with Crippen LogP contribution in [0.1, 0.15) is 62.0 Å². The predicted octanol–water partition coefficient (Wildman–Crippen LogP) is 3.34. The highest BCUT2D eigenvalue weighted by molar-refractivity contribution is 7.16. The normalized spacial score (nSPS) is 15.0. The minimum Gasteiger partial charge on any atom is -0.326 e. The molecule has 1 aliphatic rings. The molecule has 0 aromatic carbocycles. The summed E-state index contributed by atoms with van der Waals surface area (Å²) < 4.78 is 0. The third kappa shape index (κ3) is 4.29. The lowest BCUT2D eigenvalue weighted by atomic mass is 10.00. The number of carbonyl (C=O) groups is 1. The molecule has 0 radical (unpaired) electrons. The number of nitrogens with zero attached hydrogens (tertiary/aromatic N) is 1. The van der Waals surface area contributed by atoms with Crippen LogP contribution in [-0.4, -0.2) is 11.4 Å². The molecule has 2 rings (SSSR count). The molecule has 0 saturated carbocycles. The molecule has 0 saturated heterocycles.